The van der Waals surface area contributed by atoms with Gasteiger partial charge in [0.05, 0.1) is 5.57 Å². The minimum Gasteiger partial charge on any atom is -0.478 e. The van der Waals surface area contributed by atoms with Crippen LogP contribution in [0.15, 0.2) is 41.0 Å². The quantitative estimate of drug-likeness (QED) is 0.875. The molecule has 0 aliphatic carbocycles. The summed E-state index contributed by atoms with van der Waals surface area (Å²) in [5.41, 5.74) is 0.972. The minimum atomic E-state index is -0.989. The fourth-order valence-corrected chi connectivity index (χ4v) is 2.25. The number of rotatable bonds is 2. The Bertz CT molecular complexity index is 543. The molecular formula is C12H11ClN2O2S. The molecule has 1 atom stereocenters. The van der Waals surface area contributed by atoms with Crippen LogP contribution in [0, 0.1) is 0 Å². The van der Waals surface area contributed by atoms with Crippen molar-refractivity contribution in [2.75, 3.05) is 6.26 Å². The number of carboxylic acid groups (broad SMARTS) is 1. The van der Waals surface area contributed by atoms with E-state index in [0.29, 0.717) is 10.2 Å². The Balaban J connectivity index is 2.42. The number of carboxylic acids is 1. The zero-order valence-corrected chi connectivity index (χ0v) is 11.1. The normalized spacial score (nSPS) is 18.7. The van der Waals surface area contributed by atoms with Crippen LogP contribution >= 0.6 is 23.4 Å². The van der Waals surface area contributed by atoms with Gasteiger partial charge in [-0.05, 0) is 24.0 Å². The van der Waals surface area contributed by atoms with Crippen molar-refractivity contribution in [3.8, 4) is 0 Å². The van der Waals surface area contributed by atoms with Crippen LogP contribution < -0.4 is 5.32 Å². The van der Waals surface area contributed by atoms with Crippen molar-refractivity contribution in [1.29, 1.82) is 0 Å². The molecule has 1 aromatic rings. The van der Waals surface area contributed by atoms with Crippen molar-refractivity contribution in [2.45, 2.75) is 6.04 Å². The van der Waals surface area contributed by atoms with Gasteiger partial charge >= 0.3 is 5.97 Å². The number of benzene rings is 1. The largest absolute Gasteiger partial charge is 0.478 e. The van der Waals surface area contributed by atoms with Crippen molar-refractivity contribution < 1.29 is 9.90 Å². The minimum absolute atomic E-state index is 0.204. The maximum Gasteiger partial charge on any atom is 0.335 e. The molecule has 1 aromatic carbocycles. The van der Waals surface area contributed by atoms with Crippen LogP contribution in [0.5, 0.6) is 0 Å². The Hall–Kier alpha value is -1.46. The lowest BCUT2D eigenvalue weighted by atomic mass is 9.99. The Morgan fingerprint density at radius 3 is 2.94 bits per heavy atom. The first-order chi connectivity index (χ1) is 8.61. The van der Waals surface area contributed by atoms with E-state index in [4.69, 9.17) is 11.6 Å². The molecule has 0 fully saturated rings. The lowest BCUT2D eigenvalue weighted by molar-refractivity contribution is -0.133. The third kappa shape index (κ3) is 2.68. The number of halogens is 1. The third-order valence-electron chi connectivity index (χ3n) is 2.50. The number of nitrogens with one attached hydrogen (secondary N) is 1. The Morgan fingerprint density at radius 1 is 1.56 bits per heavy atom. The number of thioether (sulfide) groups is 1. The monoisotopic (exact) mass is 282 g/mol. The first kappa shape index (κ1) is 13.0. The highest BCUT2D eigenvalue weighted by atomic mass is 35.5. The molecule has 1 unspecified atom stereocenters. The van der Waals surface area contributed by atoms with Crippen LogP contribution in [0.1, 0.15) is 11.6 Å². The van der Waals surface area contributed by atoms with Gasteiger partial charge < -0.3 is 10.4 Å². The van der Waals surface area contributed by atoms with Crippen LogP contribution in [-0.4, -0.2) is 22.5 Å². The van der Waals surface area contributed by atoms with Gasteiger partial charge in [0.1, 0.15) is 6.04 Å². The van der Waals surface area contributed by atoms with Crippen molar-refractivity contribution in [2.24, 2.45) is 4.99 Å². The molecule has 0 bridgehead atoms. The molecule has 1 aliphatic rings. The van der Waals surface area contributed by atoms with Gasteiger partial charge in [-0.1, -0.05) is 35.5 Å². The number of nitrogens with zero attached hydrogens (tertiary/aromatic N) is 1. The van der Waals surface area contributed by atoms with E-state index in [0.717, 1.165) is 5.56 Å². The predicted molar refractivity (Wildman–Crippen MR) is 74.0 cm³/mol. The highest BCUT2D eigenvalue weighted by Gasteiger charge is 2.25. The van der Waals surface area contributed by atoms with E-state index < -0.39 is 12.0 Å². The van der Waals surface area contributed by atoms with E-state index in [9.17, 15) is 9.90 Å². The average Bonchev–Trinajstić information content (AvgIpc) is 2.38. The second-order valence-electron chi connectivity index (χ2n) is 3.65. The Morgan fingerprint density at radius 2 is 2.33 bits per heavy atom. The molecule has 6 heteroatoms. The molecular weight excluding hydrogens is 272 g/mol. The zero-order chi connectivity index (χ0) is 13.1. The molecule has 2 rings (SSSR count). The summed E-state index contributed by atoms with van der Waals surface area (Å²) in [5.74, 6) is -0.989. The van der Waals surface area contributed by atoms with Gasteiger partial charge in [-0.25, -0.2) is 9.79 Å². The second-order valence-corrected chi connectivity index (χ2v) is 4.88. The van der Waals surface area contributed by atoms with Crippen molar-refractivity contribution in [1.82, 2.24) is 5.32 Å². The summed E-state index contributed by atoms with van der Waals surface area (Å²) in [7, 11) is 0. The first-order valence-corrected chi connectivity index (χ1v) is 6.79. The van der Waals surface area contributed by atoms with Crippen molar-refractivity contribution in [3.05, 3.63) is 46.6 Å². The van der Waals surface area contributed by atoms with E-state index in [-0.39, 0.29) is 5.57 Å². The van der Waals surface area contributed by atoms with E-state index in [1.807, 2.05) is 12.3 Å². The second kappa shape index (κ2) is 5.46. The zero-order valence-electron chi connectivity index (χ0n) is 9.55. The number of aliphatic carboxylic acids is 1. The molecule has 1 heterocycles. The fraction of sp³-hybridized carbons (Fsp3) is 0.167. The standard InChI is InChI=1S/C12H11ClN2O2S/c1-18-12-14-6-9(11(16)17)10(15-12)7-3-2-4-8(13)5-7/h2-6,10H,1H3,(H,14,15)(H,16,17). The number of hydrogen-bond acceptors (Lipinski definition) is 4. The topological polar surface area (TPSA) is 61.7 Å². The average molecular weight is 283 g/mol. The van der Waals surface area contributed by atoms with Crippen molar-refractivity contribution >= 4 is 34.5 Å². The molecule has 2 N–H and O–H groups in total. The van der Waals surface area contributed by atoms with Crippen LogP contribution in [0.2, 0.25) is 5.02 Å². The maximum absolute atomic E-state index is 11.2. The lowest BCUT2D eigenvalue weighted by Gasteiger charge is -2.20. The van der Waals surface area contributed by atoms with Gasteiger partial charge in [0.25, 0.3) is 0 Å². The summed E-state index contributed by atoms with van der Waals surface area (Å²) in [6, 6.07) is 6.56. The summed E-state index contributed by atoms with van der Waals surface area (Å²) in [6.45, 7) is 0. The molecule has 0 amide bonds. The van der Waals surface area contributed by atoms with E-state index in [2.05, 4.69) is 10.3 Å². The third-order valence-corrected chi connectivity index (χ3v) is 3.34. The number of aliphatic imine (C=N–C) groups is 1. The number of amidine groups is 1. The van der Waals surface area contributed by atoms with Crippen LogP contribution in [0.4, 0.5) is 0 Å². The molecule has 0 radical (unpaired) electrons. The number of carbonyl (C=O) groups is 1. The van der Waals surface area contributed by atoms with Gasteiger partial charge in [0, 0.05) is 11.2 Å². The molecule has 94 valence electrons. The van der Waals surface area contributed by atoms with Crippen LogP contribution in [-0.2, 0) is 4.79 Å². The molecule has 18 heavy (non-hydrogen) atoms. The summed E-state index contributed by atoms with van der Waals surface area (Å²) >= 11 is 7.36. The first-order valence-electron chi connectivity index (χ1n) is 5.19. The SMILES string of the molecule is CSC1=NC(c2cccc(Cl)c2)C(C(=O)O)=CN1. The summed E-state index contributed by atoms with van der Waals surface area (Å²) in [6.07, 6.45) is 3.35. The van der Waals surface area contributed by atoms with E-state index in [1.165, 1.54) is 18.0 Å². The highest BCUT2D eigenvalue weighted by Crippen LogP contribution is 2.30. The molecule has 0 saturated carbocycles. The Labute approximate surface area is 114 Å². The van der Waals surface area contributed by atoms with Gasteiger partial charge in [0.15, 0.2) is 5.17 Å². The van der Waals surface area contributed by atoms with Crippen LogP contribution in [0.3, 0.4) is 0 Å². The maximum atomic E-state index is 11.2. The smallest absolute Gasteiger partial charge is 0.335 e. The van der Waals surface area contributed by atoms with Crippen molar-refractivity contribution in [3.63, 3.8) is 0 Å². The number of hydrogen-bond donors (Lipinski definition) is 2. The van der Waals surface area contributed by atoms with Crippen LogP contribution in [0.25, 0.3) is 0 Å². The summed E-state index contributed by atoms with van der Waals surface area (Å²) in [5, 5.41) is 13.3. The van der Waals surface area contributed by atoms with Gasteiger partial charge in [0.2, 0.25) is 0 Å². The lowest BCUT2D eigenvalue weighted by Crippen LogP contribution is -2.25. The molecule has 4 nitrogen and oxygen atoms in total. The summed E-state index contributed by atoms with van der Waals surface area (Å²) in [4.78, 5) is 15.6. The Kier molecular flexibility index (Phi) is 3.93. The highest BCUT2D eigenvalue weighted by molar-refractivity contribution is 8.13. The summed E-state index contributed by atoms with van der Waals surface area (Å²) < 4.78 is 0. The van der Waals surface area contributed by atoms with Gasteiger partial charge in [-0.15, -0.1) is 0 Å². The molecule has 0 spiro atoms. The molecule has 1 aliphatic heterocycles. The fourth-order valence-electron chi connectivity index (χ4n) is 1.66. The van der Waals surface area contributed by atoms with E-state index >= 15 is 0 Å². The van der Waals surface area contributed by atoms with E-state index in [1.54, 1.807) is 18.2 Å². The predicted octanol–water partition coefficient (Wildman–Crippen LogP) is 2.67. The van der Waals surface area contributed by atoms with Gasteiger partial charge in [-0.3, -0.25) is 0 Å². The molecule has 0 saturated heterocycles. The molecule has 0 aromatic heterocycles. The van der Waals surface area contributed by atoms with Gasteiger partial charge in [-0.2, -0.15) is 0 Å².